The molecule has 7 aliphatic rings. The molecule has 1 aromatic rings. The lowest BCUT2D eigenvalue weighted by Crippen LogP contribution is -2.53. The smallest absolute Gasteiger partial charge is 0.311 e. The van der Waals surface area contributed by atoms with E-state index >= 15 is 0 Å². The van der Waals surface area contributed by atoms with Crippen molar-refractivity contribution in [3.8, 4) is 18.1 Å². The zero-order chi connectivity index (χ0) is 34.1. The lowest BCUT2D eigenvalue weighted by molar-refractivity contribution is -0.167. The molecule has 1 aromatic carbocycles. The van der Waals surface area contributed by atoms with E-state index in [0.29, 0.717) is 59.7 Å². The summed E-state index contributed by atoms with van der Waals surface area (Å²) < 4.78 is 18.7. The van der Waals surface area contributed by atoms with Gasteiger partial charge in [0.05, 0.1) is 5.76 Å². The maximum absolute atomic E-state index is 12.1. The van der Waals surface area contributed by atoms with Crippen molar-refractivity contribution in [2.24, 2.45) is 46.3 Å². The average Bonchev–Trinajstić information content (AvgIpc) is 3.57. The maximum Gasteiger partial charge on any atom is 0.311 e. The number of hydrogen-bond acceptors (Lipinski definition) is 5. The molecule has 0 spiro atoms. The molecule has 5 heteroatoms. The zero-order valence-corrected chi connectivity index (χ0v) is 30.2. The van der Waals surface area contributed by atoms with Gasteiger partial charge in [-0.15, -0.1) is 6.42 Å². The van der Waals surface area contributed by atoms with E-state index < -0.39 is 5.60 Å². The van der Waals surface area contributed by atoms with Gasteiger partial charge in [-0.2, -0.15) is 0 Å². The second kappa shape index (κ2) is 12.3. The van der Waals surface area contributed by atoms with Crippen molar-refractivity contribution in [2.75, 3.05) is 0 Å². The number of benzene rings is 1. The van der Waals surface area contributed by atoms with Gasteiger partial charge in [0.2, 0.25) is 0 Å². The molecule has 0 aliphatic heterocycles. The van der Waals surface area contributed by atoms with Crippen LogP contribution in [-0.4, -0.2) is 23.6 Å². The topological polar surface area (TPSA) is 61.8 Å². The molecule has 0 amide bonds. The normalized spacial score (nSPS) is 41.6. The number of fused-ring (bicyclic) bond motifs is 10. The molecule has 0 bridgehead atoms. The van der Waals surface area contributed by atoms with E-state index in [1.165, 1.54) is 61.5 Å². The van der Waals surface area contributed by atoms with Gasteiger partial charge in [0.15, 0.2) is 5.60 Å². The molecule has 11 atom stereocenters. The minimum atomic E-state index is -0.755. The summed E-state index contributed by atoms with van der Waals surface area (Å²) in [5.74, 6) is 8.95. The summed E-state index contributed by atoms with van der Waals surface area (Å²) in [6, 6.07) is 6.44. The molecular weight excluding hydrogens is 608 g/mol. The first-order valence-corrected chi connectivity index (χ1v) is 19.7. The molecule has 4 saturated carbocycles. The molecule has 5 nitrogen and oxygen atoms in total. The zero-order valence-electron chi connectivity index (χ0n) is 30.2. The summed E-state index contributed by atoms with van der Waals surface area (Å²) >= 11 is 0. The number of ether oxygens (including phenoxy) is 3. The molecule has 0 saturated heterocycles. The Kier molecular flexibility index (Phi) is 8.36. The van der Waals surface area contributed by atoms with E-state index in [4.69, 9.17) is 20.6 Å². The summed E-state index contributed by atoms with van der Waals surface area (Å²) in [4.78, 5) is 24.2. The highest BCUT2D eigenvalue weighted by Gasteiger charge is 2.64. The van der Waals surface area contributed by atoms with E-state index in [1.807, 2.05) is 13.0 Å². The number of esters is 2. The van der Waals surface area contributed by atoms with Gasteiger partial charge in [0.25, 0.3) is 0 Å². The maximum atomic E-state index is 12.1. The highest BCUT2D eigenvalue weighted by molar-refractivity contribution is 5.72. The third kappa shape index (κ3) is 5.24. The molecule has 0 N–H and O–H groups in total. The Bertz CT molecular complexity index is 1610. The standard InChI is InChI=1S/C44H56O5/c1-6-8-41(46)48-31-12-16-32-29(26-31)9-13-36-34(32)19-22-42(4)38(36)17-18-40(42)47-30-11-15-33-28(25-30)10-14-37-35(33)20-23-43(5)39(37)21-24-44(43,7-2)49-27(3)45/h2,10,12,16,25-26,33-40H,6,8-9,11,13-15,17-24H2,1,3-5H3/t33-,34+,35+,36+,37+,38-,39-,40-,42-,43-,44-/m0/s1. The van der Waals surface area contributed by atoms with Gasteiger partial charge in [0.1, 0.15) is 11.9 Å². The first-order chi connectivity index (χ1) is 23.6. The third-order valence-electron chi connectivity index (χ3n) is 15.4. The summed E-state index contributed by atoms with van der Waals surface area (Å²) in [5.41, 5.74) is 3.73. The molecule has 0 aromatic heterocycles. The predicted octanol–water partition coefficient (Wildman–Crippen LogP) is 9.63. The van der Waals surface area contributed by atoms with E-state index in [-0.39, 0.29) is 22.8 Å². The molecule has 4 fully saturated rings. The second-order valence-corrected chi connectivity index (χ2v) is 17.4. The molecule has 0 unspecified atom stereocenters. The van der Waals surface area contributed by atoms with Crippen molar-refractivity contribution in [3.63, 3.8) is 0 Å². The molecule has 0 radical (unpaired) electrons. The number of allylic oxidation sites excluding steroid dienone is 4. The summed E-state index contributed by atoms with van der Waals surface area (Å²) in [6.45, 7) is 8.37. The molecule has 8 rings (SSSR count). The van der Waals surface area contributed by atoms with Gasteiger partial charge >= 0.3 is 11.9 Å². The van der Waals surface area contributed by atoms with Crippen molar-refractivity contribution < 1.29 is 23.8 Å². The number of carbonyl (C=O) groups is 2. The van der Waals surface area contributed by atoms with Gasteiger partial charge in [-0.1, -0.05) is 38.8 Å². The lowest BCUT2D eigenvalue weighted by atomic mass is 9.51. The summed E-state index contributed by atoms with van der Waals surface area (Å²) in [6.07, 6.45) is 27.2. The summed E-state index contributed by atoms with van der Waals surface area (Å²) in [5, 5.41) is 0. The van der Waals surface area contributed by atoms with Crippen LogP contribution < -0.4 is 4.74 Å². The van der Waals surface area contributed by atoms with Crippen molar-refractivity contribution >= 4 is 11.9 Å². The highest BCUT2D eigenvalue weighted by Crippen LogP contribution is 2.66. The Morgan fingerprint density at radius 3 is 2.57 bits per heavy atom. The number of rotatable bonds is 6. The Morgan fingerprint density at radius 2 is 1.78 bits per heavy atom. The number of carbonyl (C=O) groups excluding carboxylic acids is 2. The minimum Gasteiger partial charge on any atom is -0.494 e. The fraction of sp³-hybridized carbons (Fsp3) is 0.682. The largest absolute Gasteiger partial charge is 0.494 e. The van der Waals surface area contributed by atoms with Crippen LogP contribution in [0.5, 0.6) is 5.75 Å². The second-order valence-electron chi connectivity index (χ2n) is 17.4. The molecule has 0 heterocycles. The SMILES string of the molecule is C#C[C@]1(OC(C)=O)CC[C@H]2[C@@H]3CC=C4C=C(O[C@H]5CC[C@H]6[C@@H]7CCc8cc(OC(=O)CCC)ccc8[C@H]7CC[C@]56C)CC[C@@H]4[C@H]3CC[C@@]21C. The predicted molar refractivity (Wildman–Crippen MR) is 190 cm³/mol. The fourth-order valence-electron chi connectivity index (χ4n) is 13.0. The number of aryl methyl sites for hydroxylation is 1. The van der Waals surface area contributed by atoms with Gasteiger partial charge in [-0.3, -0.25) is 9.59 Å². The number of terminal acetylenes is 1. The van der Waals surface area contributed by atoms with Crippen LogP contribution in [0.1, 0.15) is 135 Å². The minimum absolute atomic E-state index is 0.131. The van der Waals surface area contributed by atoms with Crippen molar-refractivity contribution in [1.29, 1.82) is 0 Å². The Balaban J connectivity index is 0.943. The van der Waals surface area contributed by atoms with Gasteiger partial charge in [-0.05, 0) is 160 Å². The van der Waals surface area contributed by atoms with Crippen LogP contribution in [0.25, 0.3) is 0 Å². The molecule has 262 valence electrons. The van der Waals surface area contributed by atoms with Crippen molar-refractivity contribution in [3.05, 3.63) is 52.8 Å². The van der Waals surface area contributed by atoms with Crippen LogP contribution in [0, 0.1) is 58.7 Å². The Labute approximate surface area is 294 Å². The van der Waals surface area contributed by atoms with Crippen LogP contribution in [0.15, 0.2) is 41.7 Å². The van der Waals surface area contributed by atoms with Crippen LogP contribution in [0.4, 0.5) is 0 Å². The first kappa shape index (κ1) is 33.2. The van der Waals surface area contributed by atoms with Crippen LogP contribution in [0.3, 0.4) is 0 Å². The molecular formula is C44H56O5. The van der Waals surface area contributed by atoms with Crippen LogP contribution in [0.2, 0.25) is 0 Å². The van der Waals surface area contributed by atoms with Gasteiger partial charge in [0, 0.05) is 30.6 Å². The Morgan fingerprint density at radius 1 is 0.918 bits per heavy atom. The Hall–Kier alpha value is -3.00. The van der Waals surface area contributed by atoms with E-state index in [1.54, 1.807) is 0 Å². The fourth-order valence-corrected chi connectivity index (χ4v) is 13.0. The molecule has 7 aliphatic carbocycles. The van der Waals surface area contributed by atoms with Gasteiger partial charge < -0.3 is 14.2 Å². The van der Waals surface area contributed by atoms with Crippen molar-refractivity contribution in [1.82, 2.24) is 0 Å². The van der Waals surface area contributed by atoms with E-state index in [9.17, 15) is 9.59 Å². The summed E-state index contributed by atoms with van der Waals surface area (Å²) in [7, 11) is 0. The average molecular weight is 665 g/mol. The van der Waals surface area contributed by atoms with E-state index in [2.05, 4.69) is 44.1 Å². The van der Waals surface area contributed by atoms with Crippen LogP contribution >= 0.6 is 0 Å². The highest BCUT2D eigenvalue weighted by atomic mass is 16.6. The number of hydrogen-bond donors (Lipinski definition) is 0. The van der Waals surface area contributed by atoms with Crippen molar-refractivity contribution in [2.45, 2.75) is 142 Å². The van der Waals surface area contributed by atoms with E-state index in [0.717, 1.165) is 57.8 Å². The first-order valence-electron chi connectivity index (χ1n) is 19.7. The monoisotopic (exact) mass is 664 g/mol. The molecule has 49 heavy (non-hydrogen) atoms. The quantitative estimate of drug-likeness (QED) is 0.172. The van der Waals surface area contributed by atoms with Crippen LogP contribution in [-0.2, 0) is 25.5 Å². The third-order valence-corrected chi connectivity index (χ3v) is 15.4. The van der Waals surface area contributed by atoms with Gasteiger partial charge in [-0.25, -0.2) is 0 Å². The lowest BCUT2D eigenvalue weighted by Gasteiger charge is -2.54.